The first-order valence-corrected chi connectivity index (χ1v) is 6.69. The van der Waals surface area contributed by atoms with Gasteiger partial charge in [0.05, 0.1) is 4.92 Å². The Balaban J connectivity index is 2.67. The molecule has 0 aliphatic rings. The molecule has 0 aliphatic carbocycles. The van der Waals surface area contributed by atoms with Crippen molar-refractivity contribution in [2.75, 3.05) is 13.1 Å². The van der Waals surface area contributed by atoms with Crippen molar-refractivity contribution in [3.05, 3.63) is 46.5 Å². The molecule has 9 nitrogen and oxygen atoms in total. The quantitative estimate of drug-likeness (QED) is 0.154. The molecule has 0 spiro atoms. The van der Waals surface area contributed by atoms with Gasteiger partial charge in [-0.1, -0.05) is 12.6 Å². The van der Waals surface area contributed by atoms with E-state index in [9.17, 15) is 19.7 Å². The van der Waals surface area contributed by atoms with E-state index < -0.39 is 23.6 Å². The van der Waals surface area contributed by atoms with Crippen LogP contribution in [0.25, 0.3) is 0 Å². The third-order valence-electron chi connectivity index (χ3n) is 2.88. The Hall–Kier alpha value is -2.72. The summed E-state index contributed by atoms with van der Waals surface area (Å²) in [6.07, 6.45) is 1.56. The molecule has 0 aliphatic heterocycles. The lowest BCUT2D eigenvalue weighted by molar-refractivity contribution is -0.385. The highest BCUT2D eigenvalue weighted by Gasteiger charge is 2.23. The molecule has 1 rings (SSSR count). The Labute approximate surface area is 132 Å². The summed E-state index contributed by atoms with van der Waals surface area (Å²) in [7, 11) is -1.86. The third-order valence-corrected chi connectivity index (χ3v) is 2.88. The summed E-state index contributed by atoms with van der Waals surface area (Å²) < 4.78 is 0. The van der Waals surface area contributed by atoms with Gasteiger partial charge in [-0.2, -0.15) is 0 Å². The molecule has 0 bridgehead atoms. The number of nitrogens with zero attached hydrogens (tertiary/aromatic N) is 1. The number of hydrogen-bond donors (Lipinski definition) is 4. The summed E-state index contributed by atoms with van der Waals surface area (Å²) in [5.41, 5.74) is -0.789. The second kappa shape index (κ2) is 8.66. The molecular weight excluding hydrogens is 305 g/mol. The molecule has 0 unspecified atom stereocenters. The van der Waals surface area contributed by atoms with Crippen LogP contribution in [0.15, 0.2) is 30.9 Å². The Bertz CT molecular complexity index is 620. The average molecular weight is 321 g/mol. The molecule has 1 aromatic carbocycles. The van der Waals surface area contributed by atoms with Gasteiger partial charge in [0.1, 0.15) is 5.56 Å². The average Bonchev–Trinajstić information content (AvgIpc) is 2.53. The van der Waals surface area contributed by atoms with Crippen molar-refractivity contribution < 1.29 is 24.6 Å². The first kappa shape index (κ1) is 18.3. The van der Waals surface area contributed by atoms with Crippen LogP contribution >= 0.6 is 0 Å². The van der Waals surface area contributed by atoms with E-state index in [-0.39, 0.29) is 23.5 Å². The molecule has 23 heavy (non-hydrogen) atoms. The molecule has 0 atom stereocenters. The Morgan fingerprint density at radius 1 is 1.30 bits per heavy atom. The zero-order valence-corrected chi connectivity index (χ0v) is 12.2. The summed E-state index contributed by atoms with van der Waals surface area (Å²) in [5.74, 6) is -0.990. The number of nitro groups is 1. The van der Waals surface area contributed by atoms with Gasteiger partial charge in [-0.15, -0.1) is 0 Å². The number of carbonyl (C=O) groups is 2. The summed E-state index contributed by atoms with van der Waals surface area (Å²) >= 11 is 0. The highest BCUT2D eigenvalue weighted by atomic mass is 16.6. The second-order valence-electron chi connectivity index (χ2n) is 4.51. The van der Waals surface area contributed by atoms with Crippen LogP contribution in [0.4, 0.5) is 5.69 Å². The molecule has 0 heterocycles. The second-order valence-corrected chi connectivity index (χ2v) is 4.51. The van der Waals surface area contributed by atoms with E-state index in [1.165, 1.54) is 6.07 Å². The number of rotatable bonds is 8. The largest absolute Gasteiger partial charge is 0.488 e. The Morgan fingerprint density at radius 3 is 2.52 bits per heavy atom. The predicted molar refractivity (Wildman–Crippen MR) is 83.1 cm³/mol. The molecule has 0 saturated heterocycles. The fourth-order valence-electron chi connectivity index (χ4n) is 1.72. The van der Waals surface area contributed by atoms with E-state index in [1.807, 2.05) is 0 Å². The van der Waals surface area contributed by atoms with Crippen molar-refractivity contribution in [3.8, 4) is 0 Å². The Kier molecular flexibility index (Phi) is 6.90. The van der Waals surface area contributed by atoms with Crippen LogP contribution in [-0.2, 0) is 4.79 Å². The first-order valence-electron chi connectivity index (χ1n) is 6.69. The van der Waals surface area contributed by atoms with Gasteiger partial charge in [-0.05, 0) is 24.0 Å². The minimum absolute atomic E-state index is 0.0830. The van der Waals surface area contributed by atoms with Crippen LogP contribution in [-0.4, -0.2) is 47.0 Å². The van der Waals surface area contributed by atoms with Crippen LogP contribution in [0.1, 0.15) is 16.8 Å². The number of nitro benzene ring substituents is 1. The maximum Gasteiger partial charge on any atom is 0.488 e. The highest BCUT2D eigenvalue weighted by Crippen LogP contribution is 2.16. The van der Waals surface area contributed by atoms with Gasteiger partial charge in [0.2, 0.25) is 5.91 Å². The van der Waals surface area contributed by atoms with Crippen molar-refractivity contribution in [2.45, 2.75) is 6.42 Å². The van der Waals surface area contributed by atoms with Crippen molar-refractivity contribution in [2.24, 2.45) is 0 Å². The summed E-state index contributed by atoms with van der Waals surface area (Å²) in [4.78, 5) is 33.1. The topological polar surface area (TPSA) is 142 Å². The monoisotopic (exact) mass is 321 g/mol. The van der Waals surface area contributed by atoms with Gasteiger partial charge in [-0.25, -0.2) is 0 Å². The van der Waals surface area contributed by atoms with Gasteiger partial charge in [0, 0.05) is 19.2 Å². The Morgan fingerprint density at radius 2 is 1.96 bits per heavy atom. The maximum absolute atomic E-state index is 12.0. The van der Waals surface area contributed by atoms with Crippen molar-refractivity contribution in [1.82, 2.24) is 10.6 Å². The fourth-order valence-corrected chi connectivity index (χ4v) is 1.72. The van der Waals surface area contributed by atoms with Gasteiger partial charge in [0.25, 0.3) is 11.6 Å². The molecule has 0 saturated carbocycles. The van der Waals surface area contributed by atoms with Crippen LogP contribution in [0, 0.1) is 10.1 Å². The van der Waals surface area contributed by atoms with E-state index in [2.05, 4.69) is 17.2 Å². The van der Waals surface area contributed by atoms with Gasteiger partial charge in [0.15, 0.2) is 0 Å². The minimum atomic E-state index is -1.86. The van der Waals surface area contributed by atoms with Crippen LogP contribution < -0.4 is 16.1 Å². The van der Waals surface area contributed by atoms with Crippen LogP contribution in [0.3, 0.4) is 0 Å². The number of benzene rings is 1. The molecule has 1 aromatic rings. The molecule has 0 aromatic heterocycles. The SMILES string of the molecule is C=CC(=O)NCCCNC(=O)c1ccc(B(O)O)cc1[N+](=O)[O-]. The third kappa shape index (κ3) is 5.53. The number of amides is 2. The van der Waals surface area contributed by atoms with E-state index >= 15 is 0 Å². The number of hydrogen-bond acceptors (Lipinski definition) is 6. The minimum Gasteiger partial charge on any atom is -0.423 e. The van der Waals surface area contributed by atoms with Crippen LogP contribution in [0.2, 0.25) is 0 Å². The van der Waals surface area contributed by atoms with Crippen molar-refractivity contribution in [3.63, 3.8) is 0 Å². The van der Waals surface area contributed by atoms with Crippen molar-refractivity contribution >= 4 is 30.1 Å². The van der Waals surface area contributed by atoms with Crippen LogP contribution in [0.5, 0.6) is 0 Å². The smallest absolute Gasteiger partial charge is 0.423 e. The molecule has 0 fully saturated rings. The van der Waals surface area contributed by atoms with E-state index in [1.54, 1.807) is 0 Å². The number of carbonyl (C=O) groups excluding carboxylic acids is 2. The summed E-state index contributed by atoms with van der Waals surface area (Å²) in [6, 6.07) is 3.31. The molecular formula is C13H16BN3O6. The fraction of sp³-hybridized carbons (Fsp3) is 0.231. The zero-order chi connectivity index (χ0) is 17.4. The standard InChI is InChI=1S/C13H16BN3O6/c1-2-12(18)15-6-3-7-16-13(19)10-5-4-9(14(20)21)8-11(10)17(22)23/h2,4-5,8,20-21H,1,3,6-7H2,(H,15,18)(H,16,19). The summed E-state index contributed by atoms with van der Waals surface area (Å²) in [5, 5.41) is 34.0. The van der Waals surface area contributed by atoms with Gasteiger partial charge in [-0.3, -0.25) is 19.7 Å². The molecule has 122 valence electrons. The lowest BCUT2D eigenvalue weighted by Crippen LogP contribution is -2.32. The maximum atomic E-state index is 12.0. The highest BCUT2D eigenvalue weighted by molar-refractivity contribution is 6.58. The van der Waals surface area contributed by atoms with E-state index in [4.69, 9.17) is 10.0 Å². The van der Waals surface area contributed by atoms with E-state index in [0.717, 1.165) is 18.2 Å². The lowest BCUT2D eigenvalue weighted by Gasteiger charge is -2.07. The van der Waals surface area contributed by atoms with Gasteiger partial charge >= 0.3 is 7.12 Å². The number of nitrogens with one attached hydrogen (secondary N) is 2. The normalized spacial score (nSPS) is 9.83. The summed E-state index contributed by atoms with van der Waals surface area (Å²) in [6.45, 7) is 3.82. The molecule has 2 amide bonds. The lowest BCUT2D eigenvalue weighted by atomic mass is 9.79. The van der Waals surface area contributed by atoms with E-state index in [0.29, 0.717) is 13.0 Å². The van der Waals surface area contributed by atoms with Gasteiger partial charge < -0.3 is 20.7 Å². The zero-order valence-electron chi connectivity index (χ0n) is 12.2. The predicted octanol–water partition coefficient (Wildman–Crippen LogP) is -1.30. The van der Waals surface area contributed by atoms with Crippen molar-refractivity contribution in [1.29, 1.82) is 0 Å². The molecule has 0 radical (unpaired) electrons. The molecule has 4 N–H and O–H groups in total. The first-order chi connectivity index (χ1) is 10.9. The molecule has 10 heteroatoms.